The Morgan fingerprint density at radius 1 is 1.06 bits per heavy atom. The molecule has 188 valence electrons. The minimum Gasteiger partial charge on any atom is -0.457 e. The fraction of sp³-hybridized carbons (Fsp3) is 0.308. The number of amides is 2. The third kappa shape index (κ3) is 5.60. The number of carbonyl (C=O) groups excluding carboxylic acids is 2. The minimum absolute atomic E-state index is 0.179. The molecule has 0 aliphatic carbocycles. The number of hydrogen-bond donors (Lipinski definition) is 2. The van der Waals surface area contributed by atoms with Gasteiger partial charge < -0.3 is 20.7 Å². The minimum atomic E-state index is -0.590. The lowest BCUT2D eigenvalue weighted by Gasteiger charge is -2.42. The zero-order chi connectivity index (χ0) is 25.8. The third-order valence-electron chi connectivity index (χ3n) is 6.10. The quantitative estimate of drug-likeness (QED) is 0.521. The lowest BCUT2D eigenvalue weighted by atomic mass is 10.1. The van der Waals surface area contributed by atoms with Gasteiger partial charge in [0.25, 0.3) is 5.91 Å². The molecule has 0 radical (unpaired) electrons. The van der Waals surface area contributed by atoms with Crippen molar-refractivity contribution in [3.05, 3.63) is 66.1 Å². The van der Waals surface area contributed by atoms with Crippen molar-refractivity contribution in [1.82, 2.24) is 20.2 Å². The number of piperazine rings is 1. The number of primary amides is 1. The van der Waals surface area contributed by atoms with E-state index < -0.39 is 11.9 Å². The van der Waals surface area contributed by atoms with Crippen LogP contribution in [0.3, 0.4) is 0 Å². The van der Waals surface area contributed by atoms with Crippen LogP contribution in [0.1, 0.15) is 24.3 Å². The third-order valence-corrected chi connectivity index (χ3v) is 6.10. The van der Waals surface area contributed by atoms with Gasteiger partial charge in [0.1, 0.15) is 34.9 Å². The molecule has 1 aliphatic rings. The van der Waals surface area contributed by atoms with E-state index in [-0.39, 0.29) is 23.5 Å². The number of rotatable bonds is 7. The summed E-state index contributed by atoms with van der Waals surface area (Å²) in [5, 5.41) is 2.59. The van der Waals surface area contributed by atoms with E-state index in [2.05, 4.69) is 29.0 Å². The summed E-state index contributed by atoms with van der Waals surface area (Å²) in [5.74, 6) is 0.670. The van der Waals surface area contributed by atoms with Crippen molar-refractivity contribution in [3.63, 3.8) is 0 Å². The van der Waals surface area contributed by atoms with Gasteiger partial charge in [-0.1, -0.05) is 0 Å². The zero-order valence-electron chi connectivity index (χ0n) is 20.4. The van der Waals surface area contributed by atoms with E-state index in [9.17, 15) is 14.0 Å². The van der Waals surface area contributed by atoms with E-state index >= 15 is 0 Å². The number of halogens is 1. The molecule has 0 bridgehead atoms. The van der Waals surface area contributed by atoms with Crippen LogP contribution < -0.4 is 20.7 Å². The van der Waals surface area contributed by atoms with E-state index in [1.807, 2.05) is 4.90 Å². The summed E-state index contributed by atoms with van der Waals surface area (Å²) in [4.78, 5) is 38.0. The van der Waals surface area contributed by atoms with Crippen LogP contribution in [0, 0.1) is 5.82 Å². The Labute approximate surface area is 209 Å². The molecule has 9 nitrogen and oxygen atoms in total. The Balaban J connectivity index is 1.65. The smallest absolute Gasteiger partial charge is 0.269 e. The number of nitrogens with two attached hydrogens (primary N) is 1. The second-order valence-electron chi connectivity index (χ2n) is 8.79. The molecular weight excluding hydrogens is 463 g/mol. The van der Waals surface area contributed by atoms with Gasteiger partial charge >= 0.3 is 0 Å². The van der Waals surface area contributed by atoms with Gasteiger partial charge in [-0.25, -0.2) is 14.4 Å². The van der Waals surface area contributed by atoms with Crippen LogP contribution in [0.15, 0.2) is 54.6 Å². The molecule has 36 heavy (non-hydrogen) atoms. The molecule has 1 aliphatic heterocycles. The molecule has 1 fully saturated rings. The zero-order valence-corrected chi connectivity index (χ0v) is 20.4. The number of aromatic nitrogens is 2. The van der Waals surface area contributed by atoms with Gasteiger partial charge in [-0.2, -0.15) is 0 Å². The molecule has 1 unspecified atom stereocenters. The van der Waals surface area contributed by atoms with Crippen LogP contribution in [-0.2, 0) is 4.79 Å². The summed E-state index contributed by atoms with van der Waals surface area (Å²) < 4.78 is 18.9. The summed E-state index contributed by atoms with van der Waals surface area (Å²) in [6.07, 6.45) is 0. The standard InChI is InChI=1S/C26H29FN6O3/c1-16(2)32-12-13-33(22(15-32)24(28)34)23-14-21(26(35)29-3)30-25(31-23)17-4-8-19(9-5-17)36-20-10-6-18(27)7-11-20/h4-11,14,16,22H,12-13,15H2,1-3H3,(H2,28,34)(H,29,35). The molecule has 2 aromatic carbocycles. The van der Waals surface area contributed by atoms with E-state index in [1.54, 1.807) is 42.5 Å². The first-order valence-corrected chi connectivity index (χ1v) is 11.7. The summed E-state index contributed by atoms with van der Waals surface area (Å²) >= 11 is 0. The molecule has 2 amide bonds. The van der Waals surface area contributed by atoms with Crippen molar-refractivity contribution in [1.29, 1.82) is 0 Å². The van der Waals surface area contributed by atoms with Crippen LogP contribution >= 0.6 is 0 Å². The maximum Gasteiger partial charge on any atom is 0.269 e. The van der Waals surface area contributed by atoms with Crippen molar-refractivity contribution in [2.75, 3.05) is 31.6 Å². The van der Waals surface area contributed by atoms with Crippen molar-refractivity contribution in [3.8, 4) is 22.9 Å². The Morgan fingerprint density at radius 2 is 1.69 bits per heavy atom. The van der Waals surface area contributed by atoms with Crippen LogP contribution in [0.5, 0.6) is 11.5 Å². The van der Waals surface area contributed by atoms with Crippen LogP contribution in [-0.4, -0.2) is 65.4 Å². The lowest BCUT2D eigenvalue weighted by molar-refractivity contribution is -0.120. The molecule has 1 atom stereocenters. The maximum absolute atomic E-state index is 13.1. The van der Waals surface area contributed by atoms with Gasteiger partial charge in [0, 0.05) is 44.4 Å². The van der Waals surface area contributed by atoms with Crippen molar-refractivity contribution < 1.29 is 18.7 Å². The summed E-state index contributed by atoms with van der Waals surface area (Å²) in [6, 6.07) is 14.0. The highest BCUT2D eigenvalue weighted by molar-refractivity contribution is 5.93. The molecule has 1 aromatic heterocycles. The normalized spacial score (nSPS) is 16.1. The van der Waals surface area contributed by atoms with Gasteiger partial charge in [0.05, 0.1) is 0 Å². The molecule has 3 aromatic rings. The summed E-state index contributed by atoms with van der Waals surface area (Å²) in [6.45, 7) is 5.87. The summed E-state index contributed by atoms with van der Waals surface area (Å²) in [5.41, 5.74) is 6.59. The number of ether oxygens (including phenoxy) is 1. The van der Waals surface area contributed by atoms with Crippen LogP contribution in [0.25, 0.3) is 11.4 Å². The lowest BCUT2D eigenvalue weighted by Crippen LogP contribution is -2.60. The predicted molar refractivity (Wildman–Crippen MR) is 134 cm³/mol. The Kier molecular flexibility index (Phi) is 7.44. The SMILES string of the molecule is CNC(=O)c1cc(N2CCN(C(C)C)CC2C(N)=O)nc(-c2ccc(Oc3ccc(F)cc3)cc2)n1. The first-order chi connectivity index (χ1) is 17.2. The van der Waals surface area contributed by atoms with Gasteiger partial charge in [-0.05, 0) is 62.4 Å². The van der Waals surface area contributed by atoms with Crippen molar-refractivity contribution in [2.24, 2.45) is 5.73 Å². The number of carbonyl (C=O) groups is 2. The maximum atomic E-state index is 13.1. The largest absolute Gasteiger partial charge is 0.457 e. The predicted octanol–water partition coefficient (Wildman–Crippen LogP) is 2.82. The van der Waals surface area contributed by atoms with E-state index in [1.165, 1.54) is 19.2 Å². The Morgan fingerprint density at radius 3 is 2.28 bits per heavy atom. The molecular formula is C26H29FN6O3. The average Bonchev–Trinajstić information content (AvgIpc) is 2.89. The highest BCUT2D eigenvalue weighted by atomic mass is 19.1. The number of benzene rings is 2. The van der Waals surface area contributed by atoms with E-state index in [4.69, 9.17) is 15.5 Å². The molecule has 3 N–H and O–H groups in total. The first kappa shape index (κ1) is 25.1. The molecule has 1 saturated heterocycles. The molecule has 0 spiro atoms. The van der Waals surface area contributed by atoms with Gasteiger partial charge in [0.15, 0.2) is 5.82 Å². The monoisotopic (exact) mass is 492 g/mol. The average molecular weight is 493 g/mol. The molecule has 0 saturated carbocycles. The fourth-order valence-corrected chi connectivity index (χ4v) is 4.06. The van der Waals surface area contributed by atoms with Gasteiger partial charge in [0.2, 0.25) is 5.91 Å². The number of hydrogen-bond acceptors (Lipinski definition) is 7. The van der Waals surface area contributed by atoms with Crippen LogP contribution in [0.4, 0.5) is 10.2 Å². The topological polar surface area (TPSA) is 114 Å². The Hall–Kier alpha value is -4.05. The molecule has 2 heterocycles. The van der Waals surface area contributed by atoms with Crippen LogP contribution in [0.2, 0.25) is 0 Å². The van der Waals surface area contributed by atoms with Gasteiger partial charge in [-0.3, -0.25) is 14.5 Å². The second-order valence-corrected chi connectivity index (χ2v) is 8.79. The summed E-state index contributed by atoms with van der Waals surface area (Å²) in [7, 11) is 1.53. The highest BCUT2D eigenvalue weighted by Crippen LogP contribution is 2.27. The van der Waals surface area contributed by atoms with E-state index in [0.717, 1.165) is 6.54 Å². The number of anilines is 1. The number of nitrogens with one attached hydrogen (secondary N) is 1. The Bertz CT molecular complexity index is 1230. The highest BCUT2D eigenvalue weighted by Gasteiger charge is 2.33. The second kappa shape index (κ2) is 10.7. The van der Waals surface area contributed by atoms with Crippen molar-refractivity contribution in [2.45, 2.75) is 25.9 Å². The molecule has 10 heteroatoms. The number of nitrogens with zero attached hydrogens (tertiary/aromatic N) is 4. The van der Waals surface area contributed by atoms with Crippen molar-refractivity contribution >= 4 is 17.6 Å². The first-order valence-electron chi connectivity index (χ1n) is 11.7. The fourth-order valence-electron chi connectivity index (χ4n) is 4.06. The van der Waals surface area contributed by atoms with Gasteiger partial charge in [-0.15, -0.1) is 0 Å². The van der Waals surface area contributed by atoms with E-state index in [0.29, 0.717) is 41.8 Å². The molecule has 4 rings (SSSR count).